The van der Waals surface area contributed by atoms with Crippen molar-refractivity contribution < 1.29 is 22.3 Å². The van der Waals surface area contributed by atoms with E-state index >= 15 is 0 Å². The van der Waals surface area contributed by atoms with Crippen molar-refractivity contribution >= 4 is 10.0 Å². The zero-order valence-corrected chi connectivity index (χ0v) is 20.4. The third-order valence-corrected chi connectivity index (χ3v) is 8.93. The lowest BCUT2D eigenvalue weighted by Crippen LogP contribution is -2.38. The molecule has 35 heavy (non-hydrogen) atoms. The lowest BCUT2D eigenvalue weighted by atomic mass is 9.66. The molecule has 7 nitrogen and oxygen atoms in total. The highest BCUT2D eigenvalue weighted by molar-refractivity contribution is 7.89. The van der Waals surface area contributed by atoms with Gasteiger partial charge < -0.3 is 5.11 Å². The molecule has 3 atom stereocenters. The molecule has 2 aromatic heterocycles. The summed E-state index contributed by atoms with van der Waals surface area (Å²) in [6, 6.07) is 10.2. The number of hydrogen-bond donors (Lipinski definition) is 2. The van der Waals surface area contributed by atoms with Crippen LogP contribution in [0.15, 0.2) is 47.5 Å². The second kappa shape index (κ2) is 8.11. The van der Waals surface area contributed by atoms with Crippen molar-refractivity contribution in [3.63, 3.8) is 0 Å². The fourth-order valence-corrected chi connectivity index (χ4v) is 6.95. The van der Waals surface area contributed by atoms with E-state index < -0.39 is 38.6 Å². The average Bonchev–Trinajstić information content (AvgIpc) is 3.19. The van der Waals surface area contributed by atoms with E-state index in [0.29, 0.717) is 17.8 Å². The van der Waals surface area contributed by atoms with Crippen molar-refractivity contribution in [3.8, 4) is 11.3 Å². The molecule has 2 N–H and O–H groups in total. The van der Waals surface area contributed by atoms with Gasteiger partial charge >= 0.3 is 0 Å². The molecule has 3 aromatic rings. The van der Waals surface area contributed by atoms with Gasteiger partial charge in [-0.3, -0.25) is 0 Å². The van der Waals surface area contributed by atoms with Crippen LogP contribution in [0.2, 0.25) is 0 Å². The Labute approximate surface area is 202 Å². The summed E-state index contributed by atoms with van der Waals surface area (Å²) in [6.07, 6.45) is 0.646. The Kier molecular flexibility index (Phi) is 5.54. The van der Waals surface area contributed by atoms with E-state index in [-0.39, 0.29) is 28.7 Å². The molecule has 1 fully saturated rings. The van der Waals surface area contributed by atoms with Crippen molar-refractivity contribution in [2.45, 2.75) is 56.1 Å². The Balaban J connectivity index is 1.63. The van der Waals surface area contributed by atoms with Gasteiger partial charge in [0, 0.05) is 6.54 Å². The average molecular weight is 501 g/mol. The summed E-state index contributed by atoms with van der Waals surface area (Å²) in [4.78, 5) is 4.56. The molecule has 0 saturated heterocycles. The molecule has 2 heterocycles. The molecule has 184 valence electrons. The van der Waals surface area contributed by atoms with Gasteiger partial charge in [-0.25, -0.2) is 26.9 Å². The fourth-order valence-electron chi connectivity index (χ4n) is 5.86. The van der Waals surface area contributed by atoms with E-state index in [1.54, 1.807) is 18.2 Å². The number of pyridine rings is 1. The van der Waals surface area contributed by atoms with Crippen LogP contribution < -0.4 is 4.72 Å². The second-order valence-electron chi connectivity index (χ2n) is 9.91. The van der Waals surface area contributed by atoms with E-state index in [9.17, 15) is 22.3 Å². The molecule has 2 aliphatic carbocycles. The van der Waals surface area contributed by atoms with E-state index in [4.69, 9.17) is 0 Å². The number of nitrogens with zero attached hydrogens (tertiary/aromatic N) is 3. The summed E-state index contributed by atoms with van der Waals surface area (Å²) in [5, 5.41) is 18.0. The summed E-state index contributed by atoms with van der Waals surface area (Å²) < 4.78 is 56.8. The van der Waals surface area contributed by atoms with Gasteiger partial charge in [-0.15, -0.1) is 5.10 Å². The summed E-state index contributed by atoms with van der Waals surface area (Å²) in [5.74, 6) is -1.38. The Bertz CT molecular complexity index is 1410. The minimum atomic E-state index is -3.94. The van der Waals surface area contributed by atoms with Crippen LogP contribution in [-0.4, -0.2) is 41.4 Å². The molecular weight excluding hydrogens is 474 g/mol. The lowest BCUT2D eigenvalue weighted by Gasteiger charge is -2.37. The van der Waals surface area contributed by atoms with Crippen LogP contribution in [0, 0.1) is 17.0 Å². The molecule has 1 aromatic carbocycles. The maximum absolute atomic E-state index is 14.4. The van der Waals surface area contributed by atoms with Gasteiger partial charge in [-0.05, 0) is 67.0 Å². The first-order valence-corrected chi connectivity index (χ1v) is 12.9. The number of aliphatic hydroxyl groups is 1. The standard InChI is InChI=1S/C25H26F2N4O3S/c1-14(32)13-28-35(33,34)21-9-5-8-20(29-21)25-11-10-16(24(25,2)3)15-12-19(30-31-23(15)25)22-17(26)6-4-7-18(22)27/h4-9,12,14,16,28,32H,10-11,13H2,1-3H3/t14-,16+,25+/m1/s1. The number of aliphatic hydroxyl groups excluding tert-OH is 1. The van der Waals surface area contributed by atoms with Crippen LogP contribution in [0.3, 0.4) is 0 Å². The predicted molar refractivity (Wildman–Crippen MR) is 125 cm³/mol. The lowest BCUT2D eigenvalue weighted by molar-refractivity contribution is 0.198. The normalized spacial score (nSPS) is 23.3. The molecule has 0 radical (unpaired) electrons. The fraction of sp³-hybridized carbons (Fsp3) is 0.400. The van der Waals surface area contributed by atoms with Crippen LogP contribution in [0.5, 0.6) is 0 Å². The summed E-state index contributed by atoms with van der Waals surface area (Å²) in [5.41, 5.74) is 0.899. The van der Waals surface area contributed by atoms with E-state index in [0.717, 1.165) is 12.0 Å². The number of rotatable bonds is 6. The Hall–Kier alpha value is -2.82. The van der Waals surface area contributed by atoms with Crippen molar-refractivity contribution in [2.24, 2.45) is 5.41 Å². The van der Waals surface area contributed by atoms with Crippen molar-refractivity contribution in [1.82, 2.24) is 19.9 Å². The Morgan fingerprint density at radius 3 is 2.51 bits per heavy atom. The zero-order valence-electron chi connectivity index (χ0n) is 19.6. The first-order chi connectivity index (χ1) is 16.5. The number of sulfonamides is 1. The second-order valence-corrected chi connectivity index (χ2v) is 11.6. The number of benzene rings is 1. The highest BCUT2D eigenvalue weighted by Gasteiger charge is 2.65. The highest BCUT2D eigenvalue weighted by atomic mass is 32.2. The third kappa shape index (κ3) is 3.49. The molecule has 2 aliphatic rings. The summed E-state index contributed by atoms with van der Waals surface area (Å²) in [6.45, 7) is 5.53. The molecule has 2 bridgehead atoms. The summed E-state index contributed by atoms with van der Waals surface area (Å²) >= 11 is 0. The van der Waals surface area contributed by atoms with Crippen LogP contribution in [-0.2, 0) is 15.4 Å². The number of hydrogen-bond acceptors (Lipinski definition) is 6. The van der Waals surface area contributed by atoms with Gasteiger partial charge in [-0.1, -0.05) is 26.0 Å². The summed E-state index contributed by atoms with van der Waals surface area (Å²) in [7, 11) is -3.94. The monoisotopic (exact) mass is 500 g/mol. The van der Waals surface area contributed by atoms with Crippen LogP contribution >= 0.6 is 0 Å². The number of fused-ring (bicyclic) bond motifs is 5. The molecular formula is C25H26F2N4O3S. The molecule has 5 rings (SSSR count). The number of aromatic nitrogens is 3. The van der Waals surface area contributed by atoms with Crippen LogP contribution in [0.25, 0.3) is 11.3 Å². The first-order valence-electron chi connectivity index (χ1n) is 11.5. The molecule has 1 saturated carbocycles. The number of halogens is 2. The van der Waals surface area contributed by atoms with Crippen molar-refractivity contribution in [2.75, 3.05) is 6.54 Å². The maximum Gasteiger partial charge on any atom is 0.258 e. The zero-order chi connectivity index (χ0) is 25.2. The number of nitrogens with one attached hydrogen (secondary N) is 1. The third-order valence-electron chi connectivity index (χ3n) is 7.61. The molecule has 0 spiro atoms. The van der Waals surface area contributed by atoms with Gasteiger partial charge in [0.25, 0.3) is 10.0 Å². The van der Waals surface area contributed by atoms with Crippen LogP contribution in [0.1, 0.15) is 56.5 Å². The van der Waals surface area contributed by atoms with Crippen molar-refractivity contribution in [1.29, 1.82) is 0 Å². The Morgan fingerprint density at radius 2 is 1.83 bits per heavy atom. The predicted octanol–water partition coefficient (Wildman–Crippen LogP) is 3.68. The molecule has 0 amide bonds. The van der Waals surface area contributed by atoms with E-state index in [2.05, 4.69) is 33.8 Å². The van der Waals surface area contributed by atoms with E-state index in [1.807, 2.05) is 0 Å². The van der Waals surface area contributed by atoms with E-state index in [1.165, 1.54) is 31.2 Å². The quantitative estimate of drug-likeness (QED) is 0.535. The minimum absolute atomic E-state index is 0.0389. The molecule has 0 unspecified atom stereocenters. The van der Waals surface area contributed by atoms with Crippen molar-refractivity contribution in [3.05, 3.63) is 71.1 Å². The molecule has 10 heteroatoms. The van der Waals surface area contributed by atoms with Crippen LogP contribution in [0.4, 0.5) is 8.78 Å². The topological polar surface area (TPSA) is 105 Å². The smallest absolute Gasteiger partial charge is 0.258 e. The van der Waals surface area contributed by atoms with Gasteiger partial charge in [0.1, 0.15) is 11.6 Å². The first kappa shape index (κ1) is 23.9. The minimum Gasteiger partial charge on any atom is -0.392 e. The van der Waals surface area contributed by atoms with Gasteiger partial charge in [0.2, 0.25) is 0 Å². The maximum atomic E-state index is 14.4. The highest BCUT2D eigenvalue weighted by Crippen LogP contribution is 2.69. The van der Waals surface area contributed by atoms with Gasteiger partial charge in [-0.2, -0.15) is 5.10 Å². The van der Waals surface area contributed by atoms with Gasteiger partial charge in [0.05, 0.1) is 34.2 Å². The SMILES string of the molecule is C[C@@H](O)CNS(=O)(=O)c1cccc([C@@]23CC[C@@H](c4cc(-c5c(F)cccc5F)nnc42)C3(C)C)n1. The largest absolute Gasteiger partial charge is 0.392 e. The molecule has 0 aliphatic heterocycles. The Morgan fingerprint density at radius 1 is 1.14 bits per heavy atom. The van der Waals surface area contributed by atoms with Gasteiger partial charge in [0.15, 0.2) is 5.03 Å².